The number of rotatable bonds is 4. The molecule has 0 radical (unpaired) electrons. The van der Waals surface area contributed by atoms with Crippen LogP contribution in [-0.2, 0) is 0 Å². The van der Waals surface area contributed by atoms with E-state index in [4.69, 9.17) is 0 Å². The van der Waals surface area contributed by atoms with Gasteiger partial charge in [-0.3, -0.25) is 4.79 Å². The van der Waals surface area contributed by atoms with E-state index in [-0.39, 0.29) is 11.6 Å². The quantitative estimate of drug-likeness (QED) is 0.855. The van der Waals surface area contributed by atoms with Crippen molar-refractivity contribution in [1.82, 2.24) is 9.97 Å². The van der Waals surface area contributed by atoms with Crippen molar-refractivity contribution in [3.8, 4) is 0 Å². The summed E-state index contributed by atoms with van der Waals surface area (Å²) in [6.45, 7) is 2.08. The molecule has 2 aromatic heterocycles. The van der Waals surface area contributed by atoms with Gasteiger partial charge in [-0.1, -0.05) is 13.0 Å². The Kier molecular flexibility index (Phi) is 3.36. The van der Waals surface area contributed by atoms with E-state index in [0.717, 1.165) is 6.42 Å². The minimum atomic E-state index is -0.183. The zero-order valence-corrected chi connectivity index (χ0v) is 9.75. The molecule has 0 aliphatic heterocycles. The molecular weight excluding hydrogens is 222 g/mol. The van der Waals surface area contributed by atoms with Crippen molar-refractivity contribution >= 4 is 17.2 Å². The van der Waals surface area contributed by atoms with Gasteiger partial charge in [0.15, 0.2) is 5.82 Å². The van der Waals surface area contributed by atoms with Gasteiger partial charge in [-0.05, 0) is 17.9 Å². The van der Waals surface area contributed by atoms with Crippen LogP contribution in [0.1, 0.15) is 24.3 Å². The summed E-state index contributed by atoms with van der Waals surface area (Å²) in [7, 11) is 0. The van der Waals surface area contributed by atoms with Gasteiger partial charge in [0.25, 0.3) is 5.56 Å². The number of hydrogen-bond acceptors (Lipinski definition) is 4. The number of thiophene rings is 1. The van der Waals surface area contributed by atoms with E-state index in [1.165, 1.54) is 11.1 Å². The van der Waals surface area contributed by atoms with Gasteiger partial charge in [0.2, 0.25) is 0 Å². The molecule has 0 aliphatic rings. The van der Waals surface area contributed by atoms with Gasteiger partial charge in [0.05, 0.1) is 6.04 Å². The van der Waals surface area contributed by atoms with Crippen LogP contribution in [0.25, 0.3) is 0 Å². The molecule has 4 nitrogen and oxygen atoms in total. The molecular formula is C11H13N3OS. The van der Waals surface area contributed by atoms with Crippen molar-refractivity contribution in [1.29, 1.82) is 0 Å². The Morgan fingerprint density at radius 3 is 3.12 bits per heavy atom. The Balaban J connectivity index is 2.20. The van der Waals surface area contributed by atoms with E-state index >= 15 is 0 Å². The van der Waals surface area contributed by atoms with Crippen molar-refractivity contribution in [3.05, 3.63) is 45.1 Å². The number of aromatic nitrogens is 2. The summed E-state index contributed by atoms with van der Waals surface area (Å²) < 4.78 is 0. The first kappa shape index (κ1) is 10.9. The maximum Gasteiger partial charge on any atom is 0.290 e. The van der Waals surface area contributed by atoms with Crippen LogP contribution in [0.15, 0.2) is 34.7 Å². The largest absolute Gasteiger partial charge is 0.358 e. The maximum absolute atomic E-state index is 11.5. The highest BCUT2D eigenvalue weighted by Gasteiger charge is 2.11. The molecule has 1 atom stereocenters. The lowest BCUT2D eigenvalue weighted by atomic mass is 10.2. The van der Waals surface area contributed by atoms with Crippen molar-refractivity contribution in [3.63, 3.8) is 0 Å². The summed E-state index contributed by atoms with van der Waals surface area (Å²) in [4.78, 5) is 19.3. The maximum atomic E-state index is 11.5. The fourth-order valence-electron chi connectivity index (χ4n) is 1.48. The van der Waals surface area contributed by atoms with Crippen LogP contribution in [0.4, 0.5) is 5.82 Å². The van der Waals surface area contributed by atoms with Gasteiger partial charge in [-0.2, -0.15) is 0 Å². The topological polar surface area (TPSA) is 57.8 Å². The smallest absolute Gasteiger partial charge is 0.290 e. The van der Waals surface area contributed by atoms with Crippen molar-refractivity contribution < 1.29 is 0 Å². The molecule has 0 saturated heterocycles. The molecule has 1 unspecified atom stereocenters. The second kappa shape index (κ2) is 4.94. The third-order valence-electron chi connectivity index (χ3n) is 2.31. The van der Waals surface area contributed by atoms with E-state index in [2.05, 4.69) is 28.3 Å². The third kappa shape index (κ3) is 2.30. The SMILES string of the molecule is CCC(Nc1ncc[nH]c1=O)c1cccs1. The molecule has 16 heavy (non-hydrogen) atoms. The highest BCUT2D eigenvalue weighted by atomic mass is 32.1. The van der Waals surface area contributed by atoms with Gasteiger partial charge in [0, 0.05) is 17.3 Å². The number of H-pyrrole nitrogens is 1. The monoisotopic (exact) mass is 235 g/mol. The van der Waals surface area contributed by atoms with Crippen LogP contribution in [0.2, 0.25) is 0 Å². The Morgan fingerprint density at radius 1 is 1.62 bits per heavy atom. The van der Waals surface area contributed by atoms with Crippen LogP contribution in [0.3, 0.4) is 0 Å². The molecule has 0 fully saturated rings. The number of nitrogens with one attached hydrogen (secondary N) is 2. The summed E-state index contributed by atoms with van der Waals surface area (Å²) in [5.41, 5.74) is -0.183. The minimum absolute atomic E-state index is 0.149. The standard InChI is InChI=1S/C11H13N3OS/c1-2-8(9-4-3-7-16-9)14-10-11(15)13-6-5-12-10/h3-8H,2H2,1H3,(H,12,14)(H,13,15). The highest BCUT2D eigenvalue weighted by molar-refractivity contribution is 7.10. The molecule has 0 saturated carbocycles. The van der Waals surface area contributed by atoms with Gasteiger partial charge >= 0.3 is 0 Å². The van der Waals surface area contributed by atoms with Gasteiger partial charge in [-0.15, -0.1) is 11.3 Å². The van der Waals surface area contributed by atoms with Gasteiger partial charge in [-0.25, -0.2) is 4.98 Å². The van der Waals surface area contributed by atoms with Crippen LogP contribution in [-0.4, -0.2) is 9.97 Å². The van der Waals surface area contributed by atoms with Crippen molar-refractivity contribution in [2.24, 2.45) is 0 Å². The molecule has 84 valence electrons. The van der Waals surface area contributed by atoms with E-state index in [1.807, 2.05) is 11.4 Å². The van der Waals surface area contributed by atoms with Gasteiger partial charge < -0.3 is 10.3 Å². The molecule has 2 aromatic rings. The molecule has 0 aliphatic carbocycles. The van der Waals surface area contributed by atoms with E-state index < -0.39 is 0 Å². The molecule has 5 heteroatoms. The second-order valence-electron chi connectivity index (χ2n) is 3.39. The lowest BCUT2D eigenvalue weighted by Gasteiger charge is -2.14. The number of anilines is 1. The normalized spacial score (nSPS) is 12.3. The number of hydrogen-bond donors (Lipinski definition) is 2. The number of aromatic amines is 1. The summed E-state index contributed by atoms with van der Waals surface area (Å²) >= 11 is 1.68. The number of nitrogens with zero attached hydrogens (tertiary/aromatic N) is 1. The molecule has 2 heterocycles. The van der Waals surface area contributed by atoms with E-state index in [9.17, 15) is 4.79 Å². The molecule has 2 N–H and O–H groups in total. The molecule has 0 aromatic carbocycles. The predicted octanol–water partition coefficient (Wildman–Crippen LogP) is 2.39. The average Bonchev–Trinajstić information content (AvgIpc) is 2.81. The molecule has 0 amide bonds. The van der Waals surface area contributed by atoms with Crippen LogP contribution in [0.5, 0.6) is 0 Å². The zero-order chi connectivity index (χ0) is 11.4. The fraction of sp³-hybridized carbons (Fsp3) is 0.273. The van der Waals surface area contributed by atoms with Crippen LogP contribution < -0.4 is 10.9 Å². The zero-order valence-electron chi connectivity index (χ0n) is 8.93. The minimum Gasteiger partial charge on any atom is -0.358 e. The lowest BCUT2D eigenvalue weighted by Crippen LogP contribution is -2.18. The second-order valence-corrected chi connectivity index (χ2v) is 4.37. The first-order valence-electron chi connectivity index (χ1n) is 5.15. The first-order chi connectivity index (χ1) is 7.81. The van der Waals surface area contributed by atoms with Crippen LogP contribution in [0, 0.1) is 0 Å². The van der Waals surface area contributed by atoms with Gasteiger partial charge in [0.1, 0.15) is 0 Å². The van der Waals surface area contributed by atoms with Crippen molar-refractivity contribution in [2.75, 3.05) is 5.32 Å². The Labute approximate surface area is 97.4 Å². The van der Waals surface area contributed by atoms with E-state index in [1.54, 1.807) is 17.5 Å². The van der Waals surface area contributed by atoms with Crippen molar-refractivity contribution in [2.45, 2.75) is 19.4 Å². The highest BCUT2D eigenvalue weighted by Crippen LogP contribution is 2.24. The summed E-state index contributed by atoms with van der Waals surface area (Å²) in [6, 6.07) is 4.21. The third-order valence-corrected chi connectivity index (χ3v) is 3.30. The fourth-order valence-corrected chi connectivity index (χ4v) is 2.34. The first-order valence-corrected chi connectivity index (χ1v) is 6.03. The molecule has 0 spiro atoms. The average molecular weight is 235 g/mol. The summed E-state index contributed by atoms with van der Waals surface area (Å²) in [5, 5.41) is 5.18. The van der Waals surface area contributed by atoms with E-state index in [0.29, 0.717) is 5.82 Å². The summed E-state index contributed by atoms with van der Waals surface area (Å²) in [5.74, 6) is 0.378. The lowest BCUT2D eigenvalue weighted by molar-refractivity contribution is 0.755. The Bertz CT molecular complexity index is 492. The van der Waals surface area contributed by atoms with Crippen LogP contribution >= 0.6 is 11.3 Å². The summed E-state index contributed by atoms with van der Waals surface area (Å²) in [6.07, 6.45) is 4.01. The molecule has 2 rings (SSSR count). The predicted molar refractivity (Wildman–Crippen MR) is 65.8 cm³/mol. The Hall–Kier alpha value is -1.62. The molecule has 0 bridgehead atoms. The Morgan fingerprint density at radius 2 is 2.50 bits per heavy atom.